The van der Waals surface area contributed by atoms with Crippen LogP contribution in [0.3, 0.4) is 0 Å². The van der Waals surface area contributed by atoms with Gasteiger partial charge in [-0.2, -0.15) is 0 Å². The molecule has 0 amide bonds. The zero-order valence-electron chi connectivity index (χ0n) is 11.2. The van der Waals surface area contributed by atoms with Gasteiger partial charge < -0.3 is 10.4 Å². The SMILES string of the molecule is Cc1ncc(CNC(C)C(O)c2ccc(F)c(F)c2)s1. The van der Waals surface area contributed by atoms with Gasteiger partial charge in [0.05, 0.1) is 11.1 Å². The van der Waals surface area contributed by atoms with E-state index in [1.807, 2.05) is 6.92 Å². The number of aliphatic hydroxyl groups is 1. The van der Waals surface area contributed by atoms with Crippen LogP contribution in [0.15, 0.2) is 24.4 Å². The average Bonchev–Trinajstić information content (AvgIpc) is 2.84. The van der Waals surface area contributed by atoms with E-state index in [0.29, 0.717) is 12.1 Å². The van der Waals surface area contributed by atoms with E-state index in [4.69, 9.17) is 0 Å². The second-order valence-corrected chi connectivity index (χ2v) is 5.95. The maximum Gasteiger partial charge on any atom is 0.159 e. The standard InChI is InChI=1S/C14H16F2N2OS/c1-8(17-6-11-7-18-9(2)20-11)14(19)10-3-4-12(15)13(16)5-10/h3-5,7-8,14,17,19H,6H2,1-2H3. The molecule has 2 atom stereocenters. The average molecular weight is 298 g/mol. The van der Waals surface area contributed by atoms with Crippen molar-refractivity contribution >= 4 is 11.3 Å². The summed E-state index contributed by atoms with van der Waals surface area (Å²) in [7, 11) is 0. The molecule has 0 fully saturated rings. The van der Waals surface area contributed by atoms with E-state index in [0.717, 1.165) is 22.0 Å². The summed E-state index contributed by atoms with van der Waals surface area (Å²) in [4.78, 5) is 5.21. The molecule has 0 saturated carbocycles. The monoisotopic (exact) mass is 298 g/mol. The summed E-state index contributed by atoms with van der Waals surface area (Å²) in [6.07, 6.45) is 0.878. The van der Waals surface area contributed by atoms with Gasteiger partial charge in [0.1, 0.15) is 0 Å². The van der Waals surface area contributed by atoms with E-state index in [9.17, 15) is 13.9 Å². The Labute approximate surface area is 120 Å². The van der Waals surface area contributed by atoms with Crippen LogP contribution in [0, 0.1) is 18.6 Å². The van der Waals surface area contributed by atoms with Crippen molar-refractivity contribution in [1.82, 2.24) is 10.3 Å². The highest BCUT2D eigenvalue weighted by Crippen LogP contribution is 2.20. The number of hydrogen-bond acceptors (Lipinski definition) is 4. The third-order valence-corrected chi connectivity index (χ3v) is 3.94. The van der Waals surface area contributed by atoms with Crippen molar-refractivity contribution < 1.29 is 13.9 Å². The number of hydrogen-bond donors (Lipinski definition) is 2. The van der Waals surface area contributed by atoms with E-state index in [1.165, 1.54) is 6.07 Å². The van der Waals surface area contributed by atoms with Crippen LogP contribution in [-0.4, -0.2) is 16.1 Å². The number of aryl methyl sites for hydroxylation is 1. The number of halogens is 2. The highest BCUT2D eigenvalue weighted by Gasteiger charge is 2.17. The third kappa shape index (κ3) is 3.59. The second kappa shape index (κ2) is 6.39. The lowest BCUT2D eigenvalue weighted by Crippen LogP contribution is -2.31. The minimum absolute atomic E-state index is 0.290. The van der Waals surface area contributed by atoms with Crippen molar-refractivity contribution in [3.05, 3.63) is 51.5 Å². The van der Waals surface area contributed by atoms with Gasteiger partial charge in [-0.25, -0.2) is 13.8 Å². The smallest absolute Gasteiger partial charge is 0.159 e. The van der Waals surface area contributed by atoms with E-state index < -0.39 is 17.7 Å². The molecule has 0 aliphatic carbocycles. The zero-order valence-corrected chi connectivity index (χ0v) is 12.0. The van der Waals surface area contributed by atoms with Crippen LogP contribution in [0.4, 0.5) is 8.78 Å². The minimum atomic E-state index is -0.952. The van der Waals surface area contributed by atoms with Gasteiger partial charge in [-0.3, -0.25) is 0 Å². The van der Waals surface area contributed by atoms with Gasteiger partial charge in [-0.15, -0.1) is 11.3 Å². The second-order valence-electron chi connectivity index (χ2n) is 4.63. The summed E-state index contributed by atoms with van der Waals surface area (Å²) in [5.41, 5.74) is 0.351. The van der Waals surface area contributed by atoms with Gasteiger partial charge >= 0.3 is 0 Å². The highest BCUT2D eigenvalue weighted by molar-refractivity contribution is 7.11. The van der Waals surface area contributed by atoms with Gasteiger partial charge in [-0.1, -0.05) is 6.07 Å². The molecule has 2 aromatic rings. The summed E-state index contributed by atoms with van der Waals surface area (Å²) >= 11 is 1.58. The number of nitrogens with one attached hydrogen (secondary N) is 1. The van der Waals surface area contributed by atoms with E-state index in [2.05, 4.69) is 10.3 Å². The lowest BCUT2D eigenvalue weighted by atomic mass is 10.0. The first-order valence-electron chi connectivity index (χ1n) is 6.25. The fraction of sp³-hybridized carbons (Fsp3) is 0.357. The molecule has 6 heteroatoms. The van der Waals surface area contributed by atoms with Gasteiger partial charge in [0.2, 0.25) is 0 Å². The predicted molar refractivity (Wildman–Crippen MR) is 74.5 cm³/mol. The third-order valence-electron chi connectivity index (χ3n) is 3.03. The van der Waals surface area contributed by atoms with Gasteiger partial charge in [0.15, 0.2) is 11.6 Å². The summed E-state index contributed by atoms with van der Waals surface area (Å²) in [5.74, 6) is -1.87. The van der Waals surface area contributed by atoms with Gasteiger partial charge in [0, 0.05) is 23.7 Å². The lowest BCUT2D eigenvalue weighted by molar-refractivity contribution is 0.135. The van der Waals surface area contributed by atoms with Crippen molar-refractivity contribution in [3.63, 3.8) is 0 Å². The number of rotatable bonds is 5. The summed E-state index contributed by atoms with van der Waals surface area (Å²) in [6, 6.07) is 3.14. The minimum Gasteiger partial charge on any atom is -0.387 e. The molecule has 0 bridgehead atoms. The number of nitrogens with zero attached hydrogens (tertiary/aromatic N) is 1. The maximum atomic E-state index is 13.1. The molecular weight excluding hydrogens is 282 g/mol. The van der Waals surface area contributed by atoms with Crippen LogP contribution in [0.25, 0.3) is 0 Å². The molecule has 0 aliphatic rings. The molecular formula is C14H16F2N2OS. The lowest BCUT2D eigenvalue weighted by Gasteiger charge is -2.20. The Bertz CT molecular complexity index is 588. The van der Waals surface area contributed by atoms with Crippen LogP contribution in [0.1, 0.15) is 28.5 Å². The van der Waals surface area contributed by atoms with Crippen molar-refractivity contribution in [2.24, 2.45) is 0 Å². The molecule has 0 radical (unpaired) electrons. The van der Waals surface area contributed by atoms with E-state index in [1.54, 1.807) is 24.5 Å². The topological polar surface area (TPSA) is 45.2 Å². The predicted octanol–water partition coefficient (Wildman–Crippen LogP) is 2.94. The fourth-order valence-corrected chi connectivity index (χ4v) is 2.59. The number of thiazole rings is 1. The molecule has 3 nitrogen and oxygen atoms in total. The molecule has 108 valence electrons. The van der Waals surface area contributed by atoms with Crippen LogP contribution >= 0.6 is 11.3 Å². The number of aromatic nitrogens is 1. The maximum absolute atomic E-state index is 13.1. The summed E-state index contributed by atoms with van der Waals surface area (Å²) < 4.78 is 26.0. The molecule has 0 spiro atoms. The molecule has 2 unspecified atom stereocenters. The van der Waals surface area contributed by atoms with E-state index >= 15 is 0 Å². The first-order chi connectivity index (χ1) is 9.47. The Morgan fingerprint density at radius 1 is 1.35 bits per heavy atom. The molecule has 2 N–H and O–H groups in total. The molecule has 20 heavy (non-hydrogen) atoms. The van der Waals surface area contributed by atoms with E-state index in [-0.39, 0.29) is 6.04 Å². The fourth-order valence-electron chi connectivity index (χ4n) is 1.85. The van der Waals surface area contributed by atoms with Crippen molar-refractivity contribution in [1.29, 1.82) is 0 Å². The molecule has 1 heterocycles. The molecule has 0 aliphatic heterocycles. The molecule has 2 rings (SSSR count). The van der Waals surface area contributed by atoms with Crippen LogP contribution in [-0.2, 0) is 6.54 Å². The Kier molecular flexibility index (Phi) is 4.80. The van der Waals surface area contributed by atoms with Crippen LogP contribution in [0.2, 0.25) is 0 Å². The Morgan fingerprint density at radius 3 is 2.70 bits per heavy atom. The van der Waals surface area contributed by atoms with Crippen molar-refractivity contribution in [2.45, 2.75) is 32.5 Å². The van der Waals surface area contributed by atoms with Crippen LogP contribution < -0.4 is 5.32 Å². The normalized spacial score (nSPS) is 14.2. The summed E-state index contributed by atoms with van der Waals surface area (Å²) in [5, 5.41) is 14.3. The first-order valence-corrected chi connectivity index (χ1v) is 7.06. The first kappa shape index (κ1) is 15.0. The quantitative estimate of drug-likeness (QED) is 0.892. The van der Waals surface area contributed by atoms with Crippen molar-refractivity contribution in [2.75, 3.05) is 0 Å². The zero-order chi connectivity index (χ0) is 14.7. The van der Waals surface area contributed by atoms with Crippen molar-refractivity contribution in [3.8, 4) is 0 Å². The van der Waals surface area contributed by atoms with Gasteiger partial charge in [-0.05, 0) is 31.5 Å². The largest absolute Gasteiger partial charge is 0.387 e. The summed E-state index contributed by atoms with van der Waals surface area (Å²) in [6.45, 7) is 4.29. The molecule has 1 aromatic heterocycles. The Hall–Kier alpha value is -1.37. The highest BCUT2D eigenvalue weighted by atomic mass is 32.1. The van der Waals surface area contributed by atoms with Gasteiger partial charge in [0.25, 0.3) is 0 Å². The number of benzene rings is 1. The Morgan fingerprint density at radius 2 is 2.10 bits per heavy atom. The molecule has 1 aromatic carbocycles. The van der Waals surface area contributed by atoms with Crippen LogP contribution in [0.5, 0.6) is 0 Å². The Balaban J connectivity index is 1.97. The molecule has 0 saturated heterocycles. The number of aliphatic hydroxyl groups excluding tert-OH is 1.